The number of esters is 1. The summed E-state index contributed by atoms with van der Waals surface area (Å²) in [6.07, 6.45) is -4.42. The molecule has 2 aromatic carbocycles. The summed E-state index contributed by atoms with van der Waals surface area (Å²) in [5.74, 6) is -0.571. The molecule has 0 fully saturated rings. The maximum Gasteiger partial charge on any atom is 0.416 e. The Morgan fingerprint density at radius 2 is 1.78 bits per heavy atom. The Balaban J connectivity index is 2.54. The van der Waals surface area contributed by atoms with Gasteiger partial charge in [-0.3, -0.25) is 0 Å². The first-order chi connectivity index (χ1) is 10.8. The van der Waals surface area contributed by atoms with Gasteiger partial charge in [0, 0.05) is 0 Å². The number of aryl methyl sites for hydroxylation is 1. The van der Waals surface area contributed by atoms with Crippen molar-refractivity contribution >= 4 is 5.97 Å². The standard InChI is InChI=1S/C17H12F3NO2/c1-10-7-15(12(9-21)8-14(10)16(22)23-2)11-3-5-13(6-4-11)17(18,19)20/h3-8H,1-2H3. The maximum atomic E-state index is 12.6. The van der Waals surface area contributed by atoms with Gasteiger partial charge in [0.15, 0.2) is 0 Å². The highest BCUT2D eigenvalue weighted by molar-refractivity contribution is 5.93. The molecule has 0 unspecified atom stereocenters. The van der Waals surface area contributed by atoms with Gasteiger partial charge in [0.2, 0.25) is 0 Å². The first-order valence-electron chi connectivity index (χ1n) is 6.58. The summed E-state index contributed by atoms with van der Waals surface area (Å²) in [5, 5.41) is 9.25. The quantitative estimate of drug-likeness (QED) is 0.774. The van der Waals surface area contributed by atoms with E-state index < -0.39 is 17.7 Å². The van der Waals surface area contributed by atoms with Crippen molar-refractivity contribution in [3.8, 4) is 17.2 Å². The highest BCUT2D eigenvalue weighted by Gasteiger charge is 2.30. The van der Waals surface area contributed by atoms with Crippen molar-refractivity contribution in [2.24, 2.45) is 0 Å². The van der Waals surface area contributed by atoms with Crippen LogP contribution >= 0.6 is 0 Å². The highest BCUT2D eigenvalue weighted by Crippen LogP contribution is 2.32. The average molecular weight is 319 g/mol. The number of nitrogens with zero attached hydrogens (tertiary/aromatic N) is 1. The van der Waals surface area contributed by atoms with Crippen LogP contribution in [0.1, 0.15) is 27.0 Å². The molecule has 23 heavy (non-hydrogen) atoms. The number of ether oxygens (including phenoxy) is 1. The van der Waals surface area contributed by atoms with E-state index in [1.54, 1.807) is 13.0 Å². The van der Waals surface area contributed by atoms with E-state index in [9.17, 15) is 23.2 Å². The van der Waals surface area contributed by atoms with Crippen LogP contribution in [0.2, 0.25) is 0 Å². The lowest BCUT2D eigenvalue weighted by Gasteiger charge is -2.11. The number of carbonyl (C=O) groups excluding carboxylic acids is 1. The fourth-order valence-electron chi connectivity index (χ4n) is 2.21. The van der Waals surface area contributed by atoms with Crippen LogP contribution in [0.3, 0.4) is 0 Å². The zero-order valence-corrected chi connectivity index (χ0v) is 12.4. The molecule has 0 aromatic heterocycles. The molecule has 0 aliphatic carbocycles. The smallest absolute Gasteiger partial charge is 0.416 e. The first kappa shape index (κ1) is 16.6. The fourth-order valence-corrected chi connectivity index (χ4v) is 2.21. The minimum absolute atomic E-state index is 0.191. The number of carbonyl (C=O) groups is 1. The van der Waals surface area contributed by atoms with Crippen LogP contribution in [0, 0.1) is 18.3 Å². The van der Waals surface area contributed by atoms with E-state index in [2.05, 4.69) is 4.74 Å². The molecule has 3 nitrogen and oxygen atoms in total. The van der Waals surface area contributed by atoms with Crippen LogP contribution < -0.4 is 0 Å². The fraction of sp³-hybridized carbons (Fsp3) is 0.176. The number of hydrogen-bond acceptors (Lipinski definition) is 3. The minimum atomic E-state index is -4.42. The van der Waals surface area contributed by atoms with Gasteiger partial charge in [0.25, 0.3) is 0 Å². The van der Waals surface area contributed by atoms with Gasteiger partial charge in [-0.1, -0.05) is 12.1 Å². The molecule has 2 aromatic rings. The van der Waals surface area contributed by atoms with Crippen molar-refractivity contribution in [3.63, 3.8) is 0 Å². The number of halogens is 3. The second kappa shape index (κ2) is 6.13. The number of hydrogen-bond donors (Lipinski definition) is 0. The third-order valence-corrected chi connectivity index (χ3v) is 3.41. The van der Waals surface area contributed by atoms with E-state index in [0.717, 1.165) is 12.1 Å². The number of rotatable bonds is 2. The molecule has 0 N–H and O–H groups in total. The summed E-state index contributed by atoms with van der Waals surface area (Å²) in [7, 11) is 1.23. The van der Waals surface area contributed by atoms with Crippen LogP contribution in [0.5, 0.6) is 0 Å². The molecule has 0 aliphatic rings. The van der Waals surface area contributed by atoms with Crippen molar-refractivity contribution in [2.75, 3.05) is 7.11 Å². The van der Waals surface area contributed by atoms with Gasteiger partial charge in [-0.15, -0.1) is 0 Å². The summed E-state index contributed by atoms with van der Waals surface area (Å²) in [6, 6.07) is 9.45. The molecular weight excluding hydrogens is 307 g/mol. The van der Waals surface area contributed by atoms with Crippen LogP contribution in [-0.4, -0.2) is 13.1 Å². The van der Waals surface area contributed by atoms with E-state index >= 15 is 0 Å². The molecule has 0 saturated heterocycles. The van der Waals surface area contributed by atoms with Gasteiger partial charge in [0.05, 0.1) is 29.9 Å². The molecule has 0 aliphatic heterocycles. The van der Waals surface area contributed by atoms with Crippen molar-refractivity contribution < 1.29 is 22.7 Å². The number of nitriles is 1. The van der Waals surface area contributed by atoms with Crippen LogP contribution in [0.15, 0.2) is 36.4 Å². The van der Waals surface area contributed by atoms with Crippen LogP contribution in [-0.2, 0) is 10.9 Å². The van der Waals surface area contributed by atoms with Gasteiger partial charge in [-0.25, -0.2) is 4.79 Å². The SMILES string of the molecule is COC(=O)c1cc(C#N)c(-c2ccc(C(F)(F)F)cc2)cc1C. The molecule has 2 rings (SSSR count). The van der Waals surface area contributed by atoms with Gasteiger partial charge in [-0.2, -0.15) is 18.4 Å². The molecule has 6 heteroatoms. The third-order valence-electron chi connectivity index (χ3n) is 3.41. The largest absolute Gasteiger partial charge is 0.465 e. The molecule has 0 heterocycles. The highest BCUT2D eigenvalue weighted by atomic mass is 19.4. The Labute approximate surface area is 130 Å². The lowest BCUT2D eigenvalue weighted by atomic mass is 9.94. The van der Waals surface area contributed by atoms with Gasteiger partial charge < -0.3 is 4.74 Å². The second-order valence-electron chi connectivity index (χ2n) is 4.89. The lowest BCUT2D eigenvalue weighted by Crippen LogP contribution is -2.06. The van der Waals surface area contributed by atoms with Gasteiger partial charge in [-0.05, 0) is 47.9 Å². The van der Waals surface area contributed by atoms with Gasteiger partial charge >= 0.3 is 12.1 Å². The summed E-state index contributed by atoms with van der Waals surface area (Å²) in [4.78, 5) is 11.6. The van der Waals surface area contributed by atoms with E-state index in [0.29, 0.717) is 16.7 Å². The van der Waals surface area contributed by atoms with E-state index in [4.69, 9.17) is 0 Å². The molecule has 0 spiro atoms. The van der Waals surface area contributed by atoms with Crippen LogP contribution in [0.25, 0.3) is 11.1 Å². The maximum absolute atomic E-state index is 12.6. The van der Waals surface area contributed by atoms with Crippen LogP contribution in [0.4, 0.5) is 13.2 Å². The molecule has 0 amide bonds. The Kier molecular flexibility index (Phi) is 4.41. The molecule has 0 atom stereocenters. The third kappa shape index (κ3) is 3.34. The number of benzene rings is 2. The van der Waals surface area contributed by atoms with Crippen molar-refractivity contribution in [2.45, 2.75) is 13.1 Å². The number of alkyl halides is 3. The van der Waals surface area contributed by atoms with Crippen molar-refractivity contribution in [3.05, 3.63) is 58.7 Å². The minimum Gasteiger partial charge on any atom is -0.465 e. The summed E-state index contributed by atoms with van der Waals surface area (Å²) < 4.78 is 42.5. The predicted molar refractivity (Wildman–Crippen MR) is 77.7 cm³/mol. The molecule has 118 valence electrons. The van der Waals surface area contributed by atoms with E-state index in [1.807, 2.05) is 6.07 Å². The predicted octanol–water partition coefficient (Wildman–Crippen LogP) is 4.34. The lowest BCUT2D eigenvalue weighted by molar-refractivity contribution is -0.137. The molecule has 0 saturated carbocycles. The summed E-state index contributed by atoms with van der Waals surface area (Å²) in [6.45, 7) is 1.67. The Morgan fingerprint density at radius 1 is 1.17 bits per heavy atom. The van der Waals surface area contributed by atoms with E-state index in [1.165, 1.54) is 25.3 Å². The van der Waals surface area contributed by atoms with E-state index in [-0.39, 0.29) is 11.1 Å². The molecule has 0 bridgehead atoms. The molecular formula is C17H12F3NO2. The Morgan fingerprint density at radius 3 is 2.26 bits per heavy atom. The first-order valence-corrected chi connectivity index (χ1v) is 6.58. The Bertz CT molecular complexity index is 787. The summed E-state index contributed by atoms with van der Waals surface area (Å²) in [5.41, 5.74) is 1.18. The van der Waals surface area contributed by atoms with Crippen molar-refractivity contribution in [1.82, 2.24) is 0 Å². The van der Waals surface area contributed by atoms with Gasteiger partial charge in [0.1, 0.15) is 0 Å². The monoisotopic (exact) mass is 319 g/mol. The normalized spacial score (nSPS) is 11.0. The zero-order valence-electron chi connectivity index (χ0n) is 12.4. The average Bonchev–Trinajstić information content (AvgIpc) is 2.53. The number of methoxy groups -OCH3 is 1. The van der Waals surface area contributed by atoms with Crippen molar-refractivity contribution in [1.29, 1.82) is 5.26 Å². The second-order valence-corrected chi connectivity index (χ2v) is 4.89. The summed E-state index contributed by atoms with van der Waals surface area (Å²) >= 11 is 0. The zero-order chi connectivity index (χ0) is 17.2. The Hall–Kier alpha value is -2.81. The molecule has 0 radical (unpaired) electrons. The topological polar surface area (TPSA) is 50.1 Å².